The molecule has 0 aromatic heterocycles. The maximum absolute atomic E-state index is 12.5. The maximum Gasteiger partial charge on any atom is 0.255 e. The van der Waals surface area contributed by atoms with Gasteiger partial charge in [0.25, 0.3) is 17.7 Å². The van der Waals surface area contributed by atoms with Crippen LogP contribution >= 0.6 is 0 Å². The van der Waals surface area contributed by atoms with Crippen LogP contribution in [0.1, 0.15) is 36.0 Å². The Morgan fingerprint density at radius 3 is 1.85 bits per heavy atom. The van der Waals surface area contributed by atoms with Gasteiger partial charge < -0.3 is 20.0 Å². The number of hydrogen-bond donors (Lipinski definition) is 1. The lowest BCUT2D eigenvalue weighted by Crippen LogP contribution is -2.50. The average molecular weight is 464 g/mol. The Bertz CT molecular complexity index is 1060. The fraction of sp³-hybridized carbons (Fsp3) is 0.500. The van der Waals surface area contributed by atoms with Gasteiger partial charge in [0.2, 0.25) is 0 Å². The van der Waals surface area contributed by atoms with E-state index in [1.54, 1.807) is 60.8 Å². The number of likely N-dealkylation sites (N-methyl/N-ethyl adjacent to an activating group) is 2. The molecule has 178 valence electrons. The summed E-state index contributed by atoms with van der Waals surface area (Å²) in [7, 11) is 3.47. The SMILES string of the molecule is CN1C=NC2(CCNCC2)C1=O.[C-]#[N+]c1ccc(C(=O)N2CCC3(CC2)N=CN(C)C3=O)cc1. The first-order valence-corrected chi connectivity index (χ1v) is 11.4. The largest absolute Gasteiger partial charge is 0.338 e. The minimum absolute atomic E-state index is 0.0148. The molecule has 4 aliphatic rings. The van der Waals surface area contributed by atoms with E-state index in [2.05, 4.69) is 20.1 Å². The molecule has 1 aromatic carbocycles. The van der Waals surface area contributed by atoms with Crippen molar-refractivity contribution in [3.8, 4) is 0 Å². The molecule has 3 amide bonds. The number of carbonyl (C=O) groups is 3. The Labute approximate surface area is 199 Å². The third kappa shape index (κ3) is 4.31. The summed E-state index contributed by atoms with van der Waals surface area (Å²) >= 11 is 0. The van der Waals surface area contributed by atoms with Gasteiger partial charge in [-0.25, -0.2) is 4.85 Å². The van der Waals surface area contributed by atoms with E-state index in [0.29, 0.717) is 37.2 Å². The molecule has 2 saturated heterocycles. The van der Waals surface area contributed by atoms with E-state index < -0.39 is 11.1 Å². The summed E-state index contributed by atoms with van der Waals surface area (Å²) in [5, 5.41) is 3.23. The molecular weight excluding hydrogens is 434 g/mol. The lowest BCUT2D eigenvalue weighted by Gasteiger charge is -2.36. The van der Waals surface area contributed by atoms with Gasteiger partial charge in [0.1, 0.15) is 11.1 Å². The molecule has 10 heteroatoms. The second-order valence-electron chi connectivity index (χ2n) is 9.09. The van der Waals surface area contributed by atoms with E-state index in [4.69, 9.17) is 6.57 Å². The van der Waals surface area contributed by atoms with Gasteiger partial charge in [0.05, 0.1) is 19.2 Å². The van der Waals surface area contributed by atoms with Gasteiger partial charge in [-0.1, -0.05) is 24.3 Å². The van der Waals surface area contributed by atoms with Gasteiger partial charge >= 0.3 is 0 Å². The molecule has 10 nitrogen and oxygen atoms in total. The van der Waals surface area contributed by atoms with E-state index in [9.17, 15) is 14.4 Å². The lowest BCUT2D eigenvalue weighted by atomic mass is 9.87. The standard InChI is InChI=1S/C16H16N4O2.C8H13N3O/c1-17-13-5-3-12(4-6-13)14(21)20-9-7-16(8-10-20)15(22)19(2)11-18-16;1-11-6-10-8(7(11)12)2-4-9-5-3-8/h3-6,11H,7-10H2,2H3;6,9H,2-5H2,1H3. The van der Waals surface area contributed by atoms with Crippen LogP contribution in [0.2, 0.25) is 0 Å². The molecule has 0 atom stereocenters. The van der Waals surface area contributed by atoms with Crippen molar-refractivity contribution in [3.63, 3.8) is 0 Å². The van der Waals surface area contributed by atoms with E-state index >= 15 is 0 Å². The molecule has 4 aliphatic heterocycles. The highest BCUT2D eigenvalue weighted by molar-refractivity contribution is 6.01. The van der Waals surface area contributed by atoms with E-state index in [0.717, 1.165) is 25.9 Å². The van der Waals surface area contributed by atoms with Gasteiger partial charge in [-0.05, 0) is 38.8 Å². The first-order chi connectivity index (χ1) is 16.3. The number of amides is 3. The maximum atomic E-state index is 12.5. The molecular formula is C24H29N7O3. The van der Waals surface area contributed by atoms with E-state index in [-0.39, 0.29) is 17.7 Å². The van der Waals surface area contributed by atoms with Crippen LogP contribution < -0.4 is 5.32 Å². The zero-order valence-corrected chi connectivity index (χ0v) is 19.5. The Hall–Kier alpha value is -3.58. The average Bonchev–Trinajstić information content (AvgIpc) is 3.31. The normalized spacial score (nSPS) is 22.2. The number of carbonyl (C=O) groups excluding carboxylic acids is 3. The molecule has 0 bridgehead atoms. The summed E-state index contributed by atoms with van der Waals surface area (Å²) in [4.78, 5) is 53.1. The van der Waals surface area contributed by atoms with Crippen molar-refractivity contribution in [1.82, 2.24) is 20.0 Å². The van der Waals surface area contributed by atoms with Crippen LogP contribution in [0.5, 0.6) is 0 Å². The molecule has 0 saturated carbocycles. The van der Waals surface area contributed by atoms with Crippen LogP contribution in [0.4, 0.5) is 5.69 Å². The monoisotopic (exact) mass is 463 g/mol. The number of likely N-dealkylation sites (tertiary alicyclic amines) is 1. The van der Waals surface area contributed by atoms with Gasteiger partial charge in [0, 0.05) is 32.7 Å². The molecule has 4 heterocycles. The zero-order chi connectivity index (χ0) is 24.3. The van der Waals surface area contributed by atoms with Crippen LogP contribution in [0.15, 0.2) is 34.3 Å². The number of benzene rings is 1. The number of piperidine rings is 2. The first-order valence-electron chi connectivity index (χ1n) is 11.4. The first kappa shape index (κ1) is 23.6. The fourth-order valence-corrected chi connectivity index (χ4v) is 4.73. The number of rotatable bonds is 1. The number of nitrogens with one attached hydrogen (secondary N) is 1. The number of hydrogen-bond acceptors (Lipinski definition) is 6. The van der Waals surface area contributed by atoms with Gasteiger partial charge in [-0.3, -0.25) is 24.4 Å². The predicted octanol–water partition coefficient (Wildman–Crippen LogP) is 1.32. The number of nitrogens with zero attached hydrogens (tertiary/aromatic N) is 6. The van der Waals surface area contributed by atoms with Crippen LogP contribution in [0.25, 0.3) is 4.85 Å². The molecule has 34 heavy (non-hydrogen) atoms. The molecule has 2 fully saturated rings. The summed E-state index contributed by atoms with van der Waals surface area (Å²) < 4.78 is 0. The Morgan fingerprint density at radius 2 is 1.41 bits per heavy atom. The summed E-state index contributed by atoms with van der Waals surface area (Å²) in [5.74, 6) is 0.110. The van der Waals surface area contributed by atoms with E-state index in [1.807, 2.05) is 0 Å². The Kier molecular flexibility index (Phi) is 6.48. The molecule has 1 N–H and O–H groups in total. The molecule has 5 rings (SSSR count). The molecule has 0 radical (unpaired) electrons. The second kappa shape index (κ2) is 9.35. The molecule has 0 aliphatic carbocycles. The quantitative estimate of drug-likeness (QED) is 0.635. The summed E-state index contributed by atoms with van der Waals surface area (Å²) in [6, 6.07) is 6.64. The summed E-state index contributed by atoms with van der Waals surface area (Å²) in [5.41, 5.74) is 0.0178. The third-order valence-electron chi connectivity index (χ3n) is 6.94. The Morgan fingerprint density at radius 1 is 0.912 bits per heavy atom. The van der Waals surface area contributed by atoms with Gasteiger partial charge in [0.15, 0.2) is 5.69 Å². The fourth-order valence-electron chi connectivity index (χ4n) is 4.73. The molecule has 2 spiro atoms. The smallest absolute Gasteiger partial charge is 0.255 e. The van der Waals surface area contributed by atoms with Gasteiger partial charge in [-0.15, -0.1) is 0 Å². The molecule has 0 unspecified atom stereocenters. The topological polar surface area (TPSA) is 102 Å². The highest BCUT2D eigenvalue weighted by Gasteiger charge is 2.46. The van der Waals surface area contributed by atoms with Crippen molar-refractivity contribution < 1.29 is 14.4 Å². The third-order valence-corrected chi connectivity index (χ3v) is 6.94. The van der Waals surface area contributed by atoms with E-state index in [1.165, 1.54) is 4.90 Å². The lowest BCUT2D eigenvalue weighted by molar-refractivity contribution is -0.132. The minimum atomic E-state index is -0.667. The van der Waals surface area contributed by atoms with Gasteiger partial charge in [-0.2, -0.15) is 0 Å². The van der Waals surface area contributed by atoms with Crippen molar-refractivity contribution in [2.75, 3.05) is 40.3 Å². The molecule has 1 aromatic rings. The van der Waals surface area contributed by atoms with Crippen LogP contribution in [-0.2, 0) is 9.59 Å². The minimum Gasteiger partial charge on any atom is -0.338 e. The second-order valence-corrected chi connectivity index (χ2v) is 9.09. The predicted molar refractivity (Wildman–Crippen MR) is 128 cm³/mol. The van der Waals surface area contributed by atoms with Crippen molar-refractivity contribution in [2.24, 2.45) is 9.98 Å². The van der Waals surface area contributed by atoms with Crippen LogP contribution in [-0.4, -0.2) is 96.5 Å². The van der Waals surface area contributed by atoms with Crippen LogP contribution in [0.3, 0.4) is 0 Å². The summed E-state index contributed by atoms with van der Waals surface area (Å²) in [6.45, 7) is 9.75. The van der Waals surface area contributed by atoms with Crippen molar-refractivity contribution in [3.05, 3.63) is 41.2 Å². The number of aliphatic imine (C=N–C) groups is 2. The highest BCUT2D eigenvalue weighted by Crippen LogP contribution is 2.32. The van der Waals surface area contributed by atoms with Crippen molar-refractivity contribution >= 4 is 36.1 Å². The van der Waals surface area contributed by atoms with Crippen molar-refractivity contribution in [2.45, 2.75) is 36.8 Å². The van der Waals surface area contributed by atoms with Crippen molar-refractivity contribution in [1.29, 1.82) is 0 Å². The summed E-state index contributed by atoms with van der Waals surface area (Å²) in [6.07, 6.45) is 6.01. The van der Waals surface area contributed by atoms with Crippen LogP contribution in [0, 0.1) is 6.57 Å². The Balaban J connectivity index is 0.000000192. The zero-order valence-electron chi connectivity index (χ0n) is 19.5. The highest BCUT2D eigenvalue weighted by atomic mass is 16.2.